The number of methoxy groups -OCH3 is 1. The largest absolute Gasteiger partial charge is 0.497 e. The van der Waals surface area contributed by atoms with Gasteiger partial charge in [-0.05, 0) is 92.2 Å². The molecule has 6 atom stereocenters. The van der Waals surface area contributed by atoms with E-state index >= 15 is 0 Å². The number of hydrogen-bond acceptors (Lipinski definition) is 10. The minimum Gasteiger partial charge on any atom is -0.497 e. The van der Waals surface area contributed by atoms with E-state index in [2.05, 4.69) is 10.6 Å². The molecule has 1 fully saturated rings. The topological polar surface area (TPSA) is 189 Å². The molecule has 5 unspecified atom stereocenters. The highest BCUT2D eigenvalue weighted by Gasteiger charge is 2.48. The lowest BCUT2D eigenvalue weighted by molar-refractivity contribution is -0.131. The van der Waals surface area contributed by atoms with Gasteiger partial charge < -0.3 is 50.6 Å². The highest BCUT2D eigenvalue weighted by atomic mass is 19.1. The predicted molar refractivity (Wildman–Crippen MR) is 221 cm³/mol. The van der Waals surface area contributed by atoms with E-state index in [9.17, 15) is 39.2 Å². The van der Waals surface area contributed by atoms with Crippen molar-refractivity contribution in [2.75, 3.05) is 32.2 Å². The van der Waals surface area contributed by atoms with Crippen molar-refractivity contribution in [2.24, 2.45) is 5.92 Å². The Kier molecular flexibility index (Phi) is 22.2. The zero-order valence-corrected chi connectivity index (χ0v) is 34.0. The Hall–Kier alpha value is -4.24. The summed E-state index contributed by atoms with van der Waals surface area (Å²) < 4.78 is 18.5. The number of aliphatic hydroxyl groups excluding tert-OH is 5. The Balaban J connectivity index is 0.000000325. The molecule has 13 heteroatoms. The third-order valence-electron chi connectivity index (χ3n) is 10.5. The van der Waals surface area contributed by atoms with Crippen LogP contribution in [0.25, 0.3) is 0 Å². The molecule has 0 aromatic heterocycles. The monoisotopic (exact) mass is 809 g/mol. The smallest absolute Gasteiger partial charge is 0.233 e. The van der Waals surface area contributed by atoms with E-state index in [1.165, 1.54) is 12.1 Å². The summed E-state index contributed by atoms with van der Waals surface area (Å²) in [7, 11) is 3.53. The average Bonchev–Trinajstić information content (AvgIpc) is 3.23. The molecule has 58 heavy (non-hydrogen) atoms. The van der Waals surface area contributed by atoms with E-state index in [-0.39, 0.29) is 49.2 Å². The molecule has 0 bridgehead atoms. The number of nitrogens with zero attached hydrogens (tertiary/aromatic N) is 1. The molecular weight excluding hydrogens is 746 g/mol. The molecule has 1 heterocycles. The number of rotatable bonds is 26. The molecule has 1 saturated heterocycles. The average molecular weight is 810 g/mol. The van der Waals surface area contributed by atoms with Gasteiger partial charge in [0, 0.05) is 38.2 Å². The normalized spacial score (nSPS) is 17.0. The molecule has 1 aliphatic rings. The Morgan fingerprint density at radius 2 is 1.47 bits per heavy atom. The number of amides is 2. The van der Waals surface area contributed by atoms with Gasteiger partial charge in [-0.3, -0.25) is 9.59 Å². The first kappa shape index (κ1) is 48.1. The van der Waals surface area contributed by atoms with Gasteiger partial charge in [-0.15, -0.1) is 0 Å². The number of benzene rings is 3. The van der Waals surface area contributed by atoms with Crippen LogP contribution in [0, 0.1) is 11.7 Å². The number of aldehydes is 1. The van der Waals surface area contributed by atoms with Crippen molar-refractivity contribution < 1.29 is 49.0 Å². The molecule has 2 amide bonds. The first-order chi connectivity index (χ1) is 28.0. The number of hydrogen-bond donors (Lipinski definition) is 7. The molecule has 3 aromatic rings. The minimum atomic E-state index is -1.39. The Bertz CT molecular complexity index is 1610. The number of β-lactam (4-membered cyclic amide) rings is 1. The second kappa shape index (κ2) is 26.7. The van der Waals surface area contributed by atoms with Crippen LogP contribution in [0.2, 0.25) is 0 Å². The van der Waals surface area contributed by atoms with E-state index in [1.807, 2.05) is 60.5 Å². The van der Waals surface area contributed by atoms with Gasteiger partial charge in [0.2, 0.25) is 11.8 Å². The van der Waals surface area contributed by atoms with Crippen LogP contribution in [0.4, 0.5) is 10.1 Å². The standard InChI is InChI=1S/C27H29FN2O3.C18H35NO6/c1-29-17-18-3-11-22(12-4-18)30-26(20-7-13-23(33-2)14-8-20)24(27(30)32)15-16-25(31)19-5-9-21(28)10-6-19;20-12-9-7-5-3-1-2-4-6-8-10-17(24)19-14-16(23)18(25)15(22)11-13-21/h3-14,24-26,29,31H,15-17H2,1-2H3;12,15-16,18,21-23,25H,1-11,13-14H2,(H,19,24)/t24-,25?,26?;/m1./s1. The van der Waals surface area contributed by atoms with Gasteiger partial charge in [-0.1, -0.05) is 74.9 Å². The molecule has 0 radical (unpaired) electrons. The summed E-state index contributed by atoms with van der Waals surface area (Å²) in [5, 5.41) is 53.7. The molecule has 0 saturated carbocycles. The van der Waals surface area contributed by atoms with Crippen molar-refractivity contribution >= 4 is 23.8 Å². The maximum absolute atomic E-state index is 13.2. The maximum atomic E-state index is 13.2. The van der Waals surface area contributed by atoms with Crippen LogP contribution in [0.15, 0.2) is 72.8 Å². The number of nitrogens with one attached hydrogen (secondary N) is 2. The summed E-state index contributed by atoms with van der Waals surface area (Å²) in [6, 6.07) is 21.5. The predicted octanol–water partition coefficient (Wildman–Crippen LogP) is 5.44. The second-order valence-corrected chi connectivity index (χ2v) is 14.8. The summed E-state index contributed by atoms with van der Waals surface area (Å²) in [4.78, 5) is 36.9. The zero-order valence-electron chi connectivity index (χ0n) is 34.0. The third-order valence-corrected chi connectivity index (χ3v) is 10.5. The fourth-order valence-electron chi connectivity index (χ4n) is 7.03. The number of ether oxygens (including phenoxy) is 1. The third kappa shape index (κ3) is 15.8. The van der Waals surface area contributed by atoms with Crippen LogP contribution in [-0.2, 0) is 20.9 Å². The van der Waals surface area contributed by atoms with Gasteiger partial charge in [-0.25, -0.2) is 4.39 Å². The van der Waals surface area contributed by atoms with Crippen molar-refractivity contribution in [3.8, 4) is 5.75 Å². The summed E-state index contributed by atoms with van der Waals surface area (Å²) in [6.07, 6.45) is 6.66. The molecule has 3 aromatic carbocycles. The van der Waals surface area contributed by atoms with Crippen LogP contribution in [0.3, 0.4) is 0 Å². The highest BCUT2D eigenvalue weighted by Crippen LogP contribution is 2.46. The molecule has 12 nitrogen and oxygen atoms in total. The molecule has 0 aliphatic carbocycles. The van der Waals surface area contributed by atoms with Gasteiger partial charge in [0.15, 0.2) is 0 Å². The number of anilines is 1. The van der Waals surface area contributed by atoms with Crippen molar-refractivity contribution in [1.29, 1.82) is 0 Å². The van der Waals surface area contributed by atoms with Crippen LogP contribution >= 0.6 is 0 Å². The Morgan fingerprint density at radius 1 is 0.845 bits per heavy atom. The van der Waals surface area contributed by atoms with Gasteiger partial charge in [-0.2, -0.15) is 0 Å². The van der Waals surface area contributed by atoms with E-state index in [4.69, 9.17) is 9.84 Å². The van der Waals surface area contributed by atoms with E-state index in [1.54, 1.807) is 19.2 Å². The van der Waals surface area contributed by atoms with Gasteiger partial charge in [0.25, 0.3) is 0 Å². The molecule has 1 aliphatic heterocycles. The van der Waals surface area contributed by atoms with Gasteiger partial charge in [0.05, 0.1) is 37.4 Å². The maximum Gasteiger partial charge on any atom is 0.233 e. The molecule has 4 rings (SSSR count). The molecule has 320 valence electrons. The van der Waals surface area contributed by atoms with E-state index in [0.717, 1.165) is 86.8 Å². The van der Waals surface area contributed by atoms with Crippen molar-refractivity contribution in [1.82, 2.24) is 10.6 Å². The fraction of sp³-hybridized carbons (Fsp3) is 0.533. The van der Waals surface area contributed by atoms with Gasteiger partial charge >= 0.3 is 0 Å². The van der Waals surface area contributed by atoms with Crippen molar-refractivity contribution in [2.45, 2.75) is 120 Å². The number of aliphatic hydroxyl groups is 5. The minimum absolute atomic E-state index is 0.0245. The molecule has 0 spiro atoms. The second-order valence-electron chi connectivity index (χ2n) is 14.8. The van der Waals surface area contributed by atoms with Crippen LogP contribution in [-0.4, -0.2) is 89.3 Å². The van der Waals surface area contributed by atoms with E-state index in [0.29, 0.717) is 31.2 Å². The molecule has 7 N–H and O–H groups in total. The van der Waals surface area contributed by atoms with Crippen LogP contribution in [0.1, 0.15) is 112 Å². The Morgan fingerprint density at radius 3 is 2.05 bits per heavy atom. The molecular formula is C45H64FN3O9. The van der Waals surface area contributed by atoms with E-state index < -0.39 is 24.4 Å². The van der Waals surface area contributed by atoms with Gasteiger partial charge in [0.1, 0.15) is 24.0 Å². The van der Waals surface area contributed by atoms with Crippen molar-refractivity contribution in [3.05, 3.63) is 95.3 Å². The lowest BCUT2D eigenvalue weighted by Gasteiger charge is -2.48. The number of halogens is 1. The lowest BCUT2D eigenvalue weighted by Crippen LogP contribution is -2.55. The Labute approximate surface area is 342 Å². The summed E-state index contributed by atoms with van der Waals surface area (Å²) in [6.45, 7) is 0.360. The summed E-state index contributed by atoms with van der Waals surface area (Å²) >= 11 is 0. The first-order valence-corrected chi connectivity index (χ1v) is 20.5. The fourth-order valence-corrected chi connectivity index (χ4v) is 7.03. The number of unbranched alkanes of at least 4 members (excludes halogenated alkanes) is 8. The lowest BCUT2D eigenvalue weighted by atomic mass is 9.78. The zero-order chi connectivity index (χ0) is 42.3. The number of carbonyl (C=O) groups is 3. The van der Waals surface area contributed by atoms with Crippen molar-refractivity contribution in [3.63, 3.8) is 0 Å². The SMILES string of the molecule is CNCc1ccc(N2C(=O)[C@H](CCC(O)c3ccc(F)cc3)C2c2ccc(OC)cc2)cc1.O=CCCCCCCCCCCC(=O)NCC(O)C(O)C(O)CCO. The quantitative estimate of drug-likeness (QED) is 0.0313. The van der Waals surface area contributed by atoms with Crippen LogP contribution < -0.4 is 20.3 Å². The summed E-state index contributed by atoms with van der Waals surface area (Å²) in [5.74, 6) is 0.0393. The summed E-state index contributed by atoms with van der Waals surface area (Å²) in [5.41, 5.74) is 3.68. The number of carbonyl (C=O) groups excluding carboxylic acids is 3. The highest BCUT2D eigenvalue weighted by molar-refractivity contribution is 6.03. The first-order valence-electron chi connectivity index (χ1n) is 20.5. The van der Waals surface area contributed by atoms with Crippen LogP contribution in [0.5, 0.6) is 5.75 Å².